The second kappa shape index (κ2) is 13.0. The summed E-state index contributed by atoms with van der Waals surface area (Å²) in [7, 11) is 0. The van der Waals surface area contributed by atoms with E-state index in [9.17, 15) is 0 Å². The summed E-state index contributed by atoms with van der Waals surface area (Å²) in [6, 6.07) is 23.9. The maximum Gasteiger partial charge on any atom is -0.0733 e. The van der Waals surface area contributed by atoms with Crippen LogP contribution in [0.3, 0.4) is 0 Å². The predicted octanol–water partition coefficient (Wildman–Crippen LogP) is 10.7. The summed E-state index contributed by atoms with van der Waals surface area (Å²) >= 11 is 1.46. The van der Waals surface area contributed by atoms with Crippen LogP contribution >= 0.6 is 0 Å². The maximum atomic E-state index is 3.53. The molecule has 3 aromatic rings. The average molecular weight is 622 g/mol. The Morgan fingerprint density at radius 2 is 1.27 bits per heavy atom. The summed E-state index contributed by atoms with van der Waals surface area (Å²) in [5, 5.41) is 0. The summed E-state index contributed by atoms with van der Waals surface area (Å²) in [4.78, 5) is 0. The molecule has 0 saturated carbocycles. The van der Waals surface area contributed by atoms with Crippen LogP contribution in [0.2, 0.25) is 0 Å². The molecule has 0 fully saturated rings. The third kappa shape index (κ3) is 8.94. The van der Waals surface area contributed by atoms with Gasteiger partial charge in [-0.2, -0.15) is 35.4 Å². The van der Waals surface area contributed by atoms with Gasteiger partial charge in [-0.05, 0) is 17.4 Å². The average Bonchev–Trinajstić information content (AvgIpc) is 3.39. The van der Waals surface area contributed by atoms with Crippen LogP contribution < -0.4 is 0 Å². The summed E-state index contributed by atoms with van der Waals surface area (Å²) in [6.07, 6.45) is 6.55. The van der Waals surface area contributed by atoms with Crippen LogP contribution in [0.4, 0.5) is 0 Å². The molecule has 0 N–H and O–H groups in total. The van der Waals surface area contributed by atoms with Crippen molar-refractivity contribution in [2.45, 2.75) is 106 Å². The van der Waals surface area contributed by atoms with E-state index in [4.69, 9.17) is 0 Å². The molecule has 0 spiro atoms. The molecule has 0 bridgehead atoms. The maximum absolute atomic E-state index is 3.53. The Kier molecular flexibility index (Phi) is 10.6. The van der Waals surface area contributed by atoms with Crippen LogP contribution in [-0.4, -0.2) is 3.71 Å². The minimum atomic E-state index is 0.177. The standard InChI is InChI=1S/C21H25.C11H14.C8H11.Zr/c1-20(2,3)16-9-7-14-11-15-8-10-17(21(4,5)6)13-19(15)18(14)12-16;1-9-5-7-10(8-6-9)11(2,3)4;1-6-4-7(2)8(3)5-6;/h7,9-10,12-13H,11H2,1-6H3;1,5-8H,2-4H3;4,6H,1-3H3;/q-1;;-1;+2. The van der Waals surface area contributed by atoms with E-state index < -0.39 is 0 Å². The molecule has 0 nitrogen and oxygen atoms in total. The number of fused-ring (bicyclic) bond motifs is 3. The molecule has 41 heavy (non-hydrogen) atoms. The number of hydrogen-bond acceptors (Lipinski definition) is 0. The Labute approximate surface area is 266 Å². The van der Waals surface area contributed by atoms with Gasteiger partial charge in [-0.1, -0.05) is 96.0 Å². The summed E-state index contributed by atoms with van der Waals surface area (Å²) in [6.45, 7) is 26.8. The second-order valence-electron chi connectivity index (χ2n) is 14.8. The van der Waals surface area contributed by atoms with E-state index in [-0.39, 0.29) is 16.2 Å². The van der Waals surface area contributed by atoms with Gasteiger partial charge in [0, 0.05) is 0 Å². The first-order valence-electron chi connectivity index (χ1n) is 15.0. The minimum Gasteiger partial charge on any atom is -0.266 e. The van der Waals surface area contributed by atoms with Crippen LogP contribution in [0.15, 0.2) is 71.8 Å². The minimum absolute atomic E-state index is 0.177. The smallest absolute Gasteiger partial charge is 0.0733 e. The number of hydrogen-bond donors (Lipinski definition) is 0. The van der Waals surface area contributed by atoms with E-state index in [0.717, 1.165) is 6.42 Å². The first-order chi connectivity index (χ1) is 18.9. The summed E-state index contributed by atoms with van der Waals surface area (Å²) in [5.74, 6) is 0.551. The number of allylic oxidation sites excluding steroid dienone is 4. The molecule has 1 heteroatoms. The van der Waals surface area contributed by atoms with Crippen molar-refractivity contribution in [1.29, 1.82) is 0 Å². The Hall–Kier alpha value is -2.11. The van der Waals surface area contributed by atoms with Crippen LogP contribution in [-0.2, 0) is 46.9 Å². The molecule has 0 saturated heterocycles. The molecule has 0 heterocycles. The van der Waals surface area contributed by atoms with Crippen LogP contribution in [0.1, 0.15) is 116 Å². The van der Waals surface area contributed by atoms with Gasteiger partial charge in [-0.15, -0.1) is 12.5 Å². The van der Waals surface area contributed by atoms with E-state index in [1.54, 1.807) is 0 Å². The van der Waals surface area contributed by atoms with Gasteiger partial charge in [0.05, 0.1) is 0 Å². The zero-order valence-electron chi connectivity index (χ0n) is 27.6. The second-order valence-corrected chi connectivity index (χ2v) is 15.5. The Morgan fingerprint density at radius 1 is 0.732 bits per heavy atom. The van der Waals surface area contributed by atoms with E-state index >= 15 is 0 Å². The van der Waals surface area contributed by atoms with Crippen molar-refractivity contribution in [1.82, 2.24) is 0 Å². The molecule has 0 radical (unpaired) electrons. The molecular formula is C40H50Zr. The molecule has 1 atom stereocenters. The molecule has 2 aliphatic carbocycles. The van der Waals surface area contributed by atoms with Crippen LogP contribution in [0.25, 0.3) is 11.1 Å². The summed E-state index contributed by atoms with van der Waals surface area (Å²) in [5.41, 5.74) is 14.5. The van der Waals surface area contributed by atoms with Crippen LogP contribution in [0.5, 0.6) is 0 Å². The molecule has 3 aromatic carbocycles. The van der Waals surface area contributed by atoms with Gasteiger partial charge >= 0.3 is 89.5 Å². The SMILES string of the molecule is CC(C)(C)c1c[c-]c2c(c1)-c1cc(C(C)(C)C)ccc1C2.CC(C)(C)c1ccc([CH]=[Zr+2])cc1.CC1=[C-]C(C)C=C1C. The van der Waals surface area contributed by atoms with E-state index in [2.05, 4.69) is 160 Å². The fourth-order valence-electron chi connectivity index (χ4n) is 5.06. The topological polar surface area (TPSA) is 0 Å². The van der Waals surface area contributed by atoms with E-state index in [1.807, 2.05) is 0 Å². The molecule has 5 rings (SSSR count). The van der Waals surface area contributed by atoms with Crippen molar-refractivity contribution < 1.29 is 24.2 Å². The molecule has 0 amide bonds. The Bertz CT molecular complexity index is 1340. The quantitative estimate of drug-likeness (QED) is 0.186. The van der Waals surface area contributed by atoms with Crippen molar-refractivity contribution in [3.05, 3.63) is 117 Å². The molecule has 0 aliphatic heterocycles. The molecule has 1 unspecified atom stereocenters. The largest absolute Gasteiger partial charge is 0.266 e. The molecule has 214 valence electrons. The fraction of sp³-hybridized carbons (Fsp3) is 0.425. The monoisotopic (exact) mass is 620 g/mol. The Morgan fingerprint density at radius 3 is 1.71 bits per heavy atom. The van der Waals surface area contributed by atoms with Crippen molar-refractivity contribution >= 4 is 3.71 Å². The fourth-order valence-corrected chi connectivity index (χ4v) is 5.53. The van der Waals surface area contributed by atoms with Crippen LogP contribution in [0, 0.1) is 18.1 Å². The van der Waals surface area contributed by atoms with Crippen molar-refractivity contribution in [3.63, 3.8) is 0 Å². The normalized spacial score (nSPS) is 15.9. The Balaban J connectivity index is 0.000000194. The van der Waals surface area contributed by atoms with Gasteiger partial charge in [0.2, 0.25) is 0 Å². The van der Waals surface area contributed by atoms with Gasteiger partial charge in [0.25, 0.3) is 0 Å². The predicted molar refractivity (Wildman–Crippen MR) is 177 cm³/mol. The van der Waals surface area contributed by atoms with E-state index in [1.165, 1.54) is 79.9 Å². The zero-order chi connectivity index (χ0) is 30.8. The first kappa shape index (κ1) is 33.4. The third-order valence-electron chi connectivity index (χ3n) is 8.01. The van der Waals surface area contributed by atoms with E-state index in [0.29, 0.717) is 5.92 Å². The number of rotatable bonds is 1. The molecule has 2 aliphatic rings. The van der Waals surface area contributed by atoms with Gasteiger partial charge in [0.1, 0.15) is 0 Å². The zero-order valence-corrected chi connectivity index (χ0v) is 30.1. The van der Waals surface area contributed by atoms with Gasteiger partial charge in [-0.25, -0.2) is 11.1 Å². The van der Waals surface area contributed by atoms with Crippen molar-refractivity contribution in [2.24, 2.45) is 5.92 Å². The summed E-state index contributed by atoms with van der Waals surface area (Å²) < 4.78 is 2.21. The van der Waals surface area contributed by atoms with Gasteiger partial charge < -0.3 is 0 Å². The van der Waals surface area contributed by atoms with Gasteiger partial charge in [-0.3, -0.25) is 6.08 Å². The van der Waals surface area contributed by atoms with Crippen molar-refractivity contribution in [2.75, 3.05) is 0 Å². The molecular weight excluding hydrogens is 572 g/mol. The number of benzene rings is 3. The van der Waals surface area contributed by atoms with Gasteiger partial charge in [0.15, 0.2) is 0 Å². The first-order valence-corrected chi connectivity index (χ1v) is 16.4. The third-order valence-corrected chi connectivity index (χ3v) is 8.82. The van der Waals surface area contributed by atoms with Crippen molar-refractivity contribution in [3.8, 4) is 11.1 Å². The molecule has 0 aromatic heterocycles.